The smallest absolute Gasteiger partial charge is 0.261 e. The van der Waals surface area contributed by atoms with Crippen molar-refractivity contribution in [1.29, 1.82) is 0 Å². The van der Waals surface area contributed by atoms with Gasteiger partial charge in [0.15, 0.2) is 6.61 Å². The molecular formula is C21H21ClN4O4. The molecule has 8 nitrogen and oxygen atoms in total. The zero-order chi connectivity index (χ0) is 21.7. The van der Waals surface area contributed by atoms with Crippen LogP contribution in [0, 0.1) is 0 Å². The summed E-state index contributed by atoms with van der Waals surface area (Å²) in [5.74, 6) is 0.101. The van der Waals surface area contributed by atoms with Crippen LogP contribution in [0.25, 0.3) is 11.5 Å². The van der Waals surface area contributed by atoms with E-state index in [0.717, 1.165) is 0 Å². The van der Waals surface area contributed by atoms with Crippen LogP contribution in [0.3, 0.4) is 0 Å². The maximum absolute atomic E-state index is 12.7. The molecule has 3 aromatic rings. The minimum Gasteiger partial charge on any atom is -0.484 e. The molecule has 156 valence electrons. The largest absolute Gasteiger partial charge is 0.484 e. The maximum atomic E-state index is 12.7. The Labute approximate surface area is 178 Å². The summed E-state index contributed by atoms with van der Waals surface area (Å²) in [4.78, 5) is 25.5. The van der Waals surface area contributed by atoms with E-state index in [1.165, 1.54) is 6.07 Å². The molecule has 0 radical (unpaired) electrons. The molecule has 0 spiro atoms. The van der Waals surface area contributed by atoms with E-state index in [2.05, 4.69) is 10.2 Å². The van der Waals surface area contributed by atoms with Crippen LogP contribution >= 0.6 is 11.6 Å². The summed E-state index contributed by atoms with van der Waals surface area (Å²) < 4.78 is 11.2. The van der Waals surface area contributed by atoms with Gasteiger partial charge in [-0.05, 0) is 44.2 Å². The fourth-order valence-corrected chi connectivity index (χ4v) is 2.95. The minimum absolute atomic E-state index is 0.124. The lowest BCUT2D eigenvalue weighted by atomic mass is 10.2. The Morgan fingerprint density at radius 1 is 1.17 bits per heavy atom. The Balaban J connectivity index is 1.67. The van der Waals surface area contributed by atoms with Gasteiger partial charge < -0.3 is 19.8 Å². The monoisotopic (exact) mass is 428 g/mol. The highest BCUT2D eigenvalue weighted by molar-refractivity contribution is 6.33. The summed E-state index contributed by atoms with van der Waals surface area (Å²) in [6, 6.07) is 13.3. The van der Waals surface area contributed by atoms with Crippen LogP contribution in [-0.2, 0) is 11.3 Å². The Bertz CT molecular complexity index is 1050. The zero-order valence-electron chi connectivity index (χ0n) is 16.5. The van der Waals surface area contributed by atoms with E-state index in [1.54, 1.807) is 41.3 Å². The van der Waals surface area contributed by atoms with Gasteiger partial charge in [-0.15, -0.1) is 10.2 Å². The predicted octanol–water partition coefficient (Wildman–Crippen LogP) is 3.30. The Kier molecular flexibility index (Phi) is 6.68. The van der Waals surface area contributed by atoms with Crippen LogP contribution in [0.4, 0.5) is 0 Å². The first kappa shape index (κ1) is 21.3. The van der Waals surface area contributed by atoms with Gasteiger partial charge in [0.1, 0.15) is 5.75 Å². The number of hydrogen-bond acceptors (Lipinski definition) is 6. The molecule has 2 N–H and O–H groups in total. The van der Waals surface area contributed by atoms with E-state index in [1.807, 2.05) is 19.9 Å². The van der Waals surface area contributed by atoms with E-state index in [9.17, 15) is 9.59 Å². The summed E-state index contributed by atoms with van der Waals surface area (Å²) in [7, 11) is 0. The number of carbonyl (C=O) groups is 2. The molecular weight excluding hydrogens is 408 g/mol. The predicted molar refractivity (Wildman–Crippen MR) is 111 cm³/mol. The molecule has 0 fully saturated rings. The Morgan fingerprint density at radius 3 is 2.63 bits per heavy atom. The molecule has 3 rings (SSSR count). The first-order valence-electron chi connectivity index (χ1n) is 9.24. The van der Waals surface area contributed by atoms with Crippen molar-refractivity contribution in [2.45, 2.75) is 26.4 Å². The average molecular weight is 429 g/mol. The molecule has 0 saturated carbocycles. The standard InChI is InChI=1S/C21H21ClN4O4/c1-13(2)26(19(27)12-29-15-7-5-6-14(10-15)20(23)28)11-18-24-25-21(30-18)16-8-3-4-9-17(16)22/h3-10,13H,11-12H2,1-2H3,(H2,23,28). The van der Waals surface area contributed by atoms with Gasteiger partial charge in [0.05, 0.1) is 17.1 Å². The van der Waals surface area contributed by atoms with Gasteiger partial charge in [-0.25, -0.2) is 0 Å². The number of nitrogens with zero attached hydrogens (tertiary/aromatic N) is 3. The number of rotatable bonds is 8. The fraction of sp³-hybridized carbons (Fsp3) is 0.238. The summed E-state index contributed by atoms with van der Waals surface area (Å²) in [6.07, 6.45) is 0. The minimum atomic E-state index is -0.568. The summed E-state index contributed by atoms with van der Waals surface area (Å²) in [5, 5.41) is 8.55. The van der Waals surface area contributed by atoms with Gasteiger partial charge in [0.2, 0.25) is 17.7 Å². The van der Waals surface area contributed by atoms with Crippen LogP contribution in [-0.4, -0.2) is 39.6 Å². The van der Waals surface area contributed by atoms with Crippen molar-refractivity contribution < 1.29 is 18.7 Å². The van der Waals surface area contributed by atoms with Crippen LogP contribution in [0.2, 0.25) is 5.02 Å². The van der Waals surface area contributed by atoms with Gasteiger partial charge >= 0.3 is 0 Å². The number of carbonyl (C=O) groups excluding carboxylic acids is 2. The highest BCUT2D eigenvalue weighted by Gasteiger charge is 2.21. The second kappa shape index (κ2) is 9.41. The fourth-order valence-electron chi connectivity index (χ4n) is 2.73. The van der Waals surface area contributed by atoms with Gasteiger partial charge in [-0.3, -0.25) is 9.59 Å². The summed E-state index contributed by atoms with van der Waals surface area (Å²) in [5.41, 5.74) is 6.19. The lowest BCUT2D eigenvalue weighted by Gasteiger charge is -2.25. The van der Waals surface area contributed by atoms with Crippen molar-refractivity contribution >= 4 is 23.4 Å². The third-order valence-corrected chi connectivity index (χ3v) is 4.63. The van der Waals surface area contributed by atoms with Crippen molar-refractivity contribution in [2.24, 2.45) is 5.73 Å². The van der Waals surface area contributed by atoms with E-state index in [-0.39, 0.29) is 36.9 Å². The normalized spacial score (nSPS) is 10.8. The Morgan fingerprint density at radius 2 is 1.93 bits per heavy atom. The molecule has 0 atom stereocenters. The lowest BCUT2D eigenvalue weighted by molar-refractivity contribution is -0.136. The number of hydrogen-bond donors (Lipinski definition) is 1. The molecule has 2 aromatic carbocycles. The number of amides is 2. The summed E-state index contributed by atoms with van der Waals surface area (Å²) in [6.45, 7) is 3.65. The third kappa shape index (κ3) is 5.15. The second-order valence-electron chi connectivity index (χ2n) is 6.78. The van der Waals surface area contributed by atoms with Crippen LogP contribution < -0.4 is 10.5 Å². The highest BCUT2D eigenvalue weighted by atomic mass is 35.5. The van der Waals surface area contributed by atoms with Crippen molar-refractivity contribution in [3.63, 3.8) is 0 Å². The lowest BCUT2D eigenvalue weighted by Crippen LogP contribution is -2.39. The van der Waals surface area contributed by atoms with E-state index in [0.29, 0.717) is 21.9 Å². The summed E-state index contributed by atoms with van der Waals surface area (Å²) >= 11 is 6.17. The van der Waals surface area contributed by atoms with Crippen molar-refractivity contribution in [1.82, 2.24) is 15.1 Å². The number of primary amides is 1. The van der Waals surface area contributed by atoms with E-state index < -0.39 is 5.91 Å². The molecule has 1 heterocycles. The van der Waals surface area contributed by atoms with E-state index in [4.69, 9.17) is 26.5 Å². The average Bonchev–Trinajstić information content (AvgIpc) is 3.19. The molecule has 0 aliphatic rings. The molecule has 0 aliphatic carbocycles. The molecule has 0 unspecified atom stereocenters. The topological polar surface area (TPSA) is 112 Å². The van der Waals surface area contributed by atoms with Crippen molar-refractivity contribution in [3.8, 4) is 17.2 Å². The quantitative estimate of drug-likeness (QED) is 0.589. The van der Waals surface area contributed by atoms with Gasteiger partial charge in [-0.1, -0.05) is 29.8 Å². The number of halogens is 1. The van der Waals surface area contributed by atoms with E-state index >= 15 is 0 Å². The molecule has 30 heavy (non-hydrogen) atoms. The molecule has 2 amide bonds. The van der Waals surface area contributed by atoms with Crippen LogP contribution in [0.15, 0.2) is 52.9 Å². The molecule has 1 aromatic heterocycles. The van der Waals surface area contributed by atoms with Gasteiger partial charge in [-0.2, -0.15) is 0 Å². The van der Waals surface area contributed by atoms with Crippen LogP contribution in [0.5, 0.6) is 5.75 Å². The molecule has 9 heteroatoms. The first-order chi connectivity index (χ1) is 14.3. The third-order valence-electron chi connectivity index (χ3n) is 4.30. The number of aromatic nitrogens is 2. The maximum Gasteiger partial charge on any atom is 0.261 e. The number of nitrogens with two attached hydrogens (primary N) is 1. The van der Waals surface area contributed by atoms with Crippen LogP contribution in [0.1, 0.15) is 30.1 Å². The highest BCUT2D eigenvalue weighted by Crippen LogP contribution is 2.26. The number of ether oxygens (including phenoxy) is 1. The molecule has 0 saturated heterocycles. The first-order valence-corrected chi connectivity index (χ1v) is 9.62. The second-order valence-corrected chi connectivity index (χ2v) is 7.18. The molecule has 0 bridgehead atoms. The SMILES string of the molecule is CC(C)N(Cc1nnc(-c2ccccc2Cl)o1)C(=O)COc1cccc(C(N)=O)c1. The zero-order valence-corrected chi connectivity index (χ0v) is 17.3. The number of benzene rings is 2. The van der Waals surface area contributed by atoms with Crippen molar-refractivity contribution in [2.75, 3.05) is 6.61 Å². The van der Waals surface area contributed by atoms with Crippen molar-refractivity contribution in [3.05, 3.63) is 65.0 Å². The van der Waals surface area contributed by atoms with Gasteiger partial charge in [0, 0.05) is 11.6 Å². The Hall–Kier alpha value is -3.39. The van der Waals surface area contributed by atoms with Gasteiger partial charge in [0.25, 0.3) is 5.91 Å². The molecule has 0 aliphatic heterocycles.